The molecule has 1 amide bonds. The van der Waals surface area contributed by atoms with E-state index in [-0.39, 0.29) is 5.91 Å². The third-order valence-corrected chi connectivity index (χ3v) is 2.22. The molecule has 4 heteroatoms. The van der Waals surface area contributed by atoms with Crippen LogP contribution in [-0.4, -0.2) is 24.8 Å². The molecule has 0 fully saturated rings. The predicted octanol–water partition coefficient (Wildman–Crippen LogP) is 1.89. The molecule has 0 aliphatic heterocycles. The van der Waals surface area contributed by atoms with Gasteiger partial charge >= 0.3 is 0 Å². The maximum atomic E-state index is 11.1. The van der Waals surface area contributed by atoms with Gasteiger partial charge in [-0.1, -0.05) is 18.2 Å². The Hall–Kier alpha value is -1.16. The van der Waals surface area contributed by atoms with Crippen LogP contribution in [0.25, 0.3) is 0 Å². The average Bonchev–Trinajstić information content (AvgIpc) is 2.30. The zero-order chi connectivity index (χ0) is 11.6. The quantitative estimate of drug-likeness (QED) is 0.563. The van der Waals surface area contributed by atoms with Crippen molar-refractivity contribution < 1.29 is 9.53 Å². The summed E-state index contributed by atoms with van der Waals surface area (Å²) in [5, 5.41) is 2.80. The molecular weight excluding hydrogens is 222 g/mol. The maximum Gasteiger partial charge on any atom is 0.220 e. The van der Waals surface area contributed by atoms with Gasteiger partial charge in [-0.2, -0.15) is 12.6 Å². The summed E-state index contributed by atoms with van der Waals surface area (Å²) in [5.41, 5.74) is 0. The predicted molar refractivity (Wildman–Crippen MR) is 68.0 cm³/mol. The lowest BCUT2D eigenvalue weighted by molar-refractivity contribution is -0.120. The number of para-hydroxylation sites is 1. The van der Waals surface area contributed by atoms with E-state index in [1.165, 1.54) is 0 Å². The van der Waals surface area contributed by atoms with Crippen molar-refractivity contribution in [1.82, 2.24) is 5.32 Å². The zero-order valence-electron chi connectivity index (χ0n) is 9.19. The molecule has 1 N–H and O–H groups in total. The second kappa shape index (κ2) is 8.05. The van der Waals surface area contributed by atoms with Crippen LogP contribution in [0.1, 0.15) is 12.8 Å². The highest BCUT2D eigenvalue weighted by atomic mass is 32.1. The highest BCUT2D eigenvalue weighted by Gasteiger charge is 1.98. The van der Waals surface area contributed by atoms with Crippen LogP contribution in [0.3, 0.4) is 0 Å². The summed E-state index contributed by atoms with van der Waals surface area (Å²) in [6.45, 7) is 1.27. The molecule has 0 radical (unpaired) electrons. The van der Waals surface area contributed by atoms with E-state index in [9.17, 15) is 4.79 Å². The highest BCUT2D eigenvalue weighted by molar-refractivity contribution is 7.80. The number of carbonyl (C=O) groups excluding carboxylic acids is 1. The molecule has 3 nitrogen and oxygen atoms in total. The number of thiol groups is 1. The van der Waals surface area contributed by atoms with Gasteiger partial charge in [0, 0.05) is 13.0 Å². The minimum Gasteiger partial charge on any atom is -0.494 e. The number of rotatable bonds is 7. The SMILES string of the molecule is O=C(CCS)NCCCOc1ccccc1. The fourth-order valence-corrected chi connectivity index (χ4v) is 1.40. The molecule has 1 aromatic carbocycles. The van der Waals surface area contributed by atoms with Gasteiger partial charge < -0.3 is 10.1 Å². The van der Waals surface area contributed by atoms with E-state index < -0.39 is 0 Å². The van der Waals surface area contributed by atoms with Gasteiger partial charge in [-0.3, -0.25) is 4.79 Å². The van der Waals surface area contributed by atoms with E-state index in [0.717, 1.165) is 12.2 Å². The molecule has 1 aromatic rings. The second-order valence-corrected chi connectivity index (χ2v) is 3.79. The molecule has 0 unspecified atom stereocenters. The highest BCUT2D eigenvalue weighted by Crippen LogP contribution is 2.07. The Bertz CT molecular complexity index is 303. The van der Waals surface area contributed by atoms with Crippen molar-refractivity contribution in [1.29, 1.82) is 0 Å². The van der Waals surface area contributed by atoms with Crippen LogP contribution in [0.5, 0.6) is 5.75 Å². The molecule has 0 atom stereocenters. The Labute approximate surface area is 102 Å². The number of nitrogens with one attached hydrogen (secondary N) is 1. The molecule has 0 bridgehead atoms. The first-order valence-electron chi connectivity index (χ1n) is 5.38. The topological polar surface area (TPSA) is 38.3 Å². The van der Waals surface area contributed by atoms with Crippen LogP contribution in [-0.2, 0) is 4.79 Å². The van der Waals surface area contributed by atoms with Crippen LogP contribution >= 0.6 is 12.6 Å². The summed E-state index contributed by atoms with van der Waals surface area (Å²) >= 11 is 3.99. The van der Waals surface area contributed by atoms with Gasteiger partial charge in [0.2, 0.25) is 5.91 Å². The molecule has 1 rings (SSSR count). The Balaban J connectivity index is 2.02. The van der Waals surface area contributed by atoms with Gasteiger partial charge in [-0.05, 0) is 24.3 Å². The zero-order valence-corrected chi connectivity index (χ0v) is 10.1. The molecule has 0 aliphatic carbocycles. The van der Waals surface area contributed by atoms with Crippen LogP contribution in [0.15, 0.2) is 30.3 Å². The molecule has 88 valence electrons. The minimum absolute atomic E-state index is 0.0507. The largest absolute Gasteiger partial charge is 0.494 e. The number of carbonyl (C=O) groups is 1. The summed E-state index contributed by atoms with van der Waals surface area (Å²) in [5.74, 6) is 1.51. The monoisotopic (exact) mass is 239 g/mol. The Morgan fingerprint density at radius 3 is 2.75 bits per heavy atom. The van der Waals surface area contributed by atoms with E-state index >= 15 is 0 Å². The van der Waals surface area contributed by atoms with Gasteiger partial charge in [0.05, 0.1) is 6.61 Å². The van der Waals surface area contributed by atoms with E-state index in [1.54, 1.807) is 0 Å². The van der Waals surface area contributed by atoms with Crippen LogP contribution in [0.2, 0.25) is 0 Å². The van der Waals surface area contributed by atoms with Gasteiger partial charge in [-0.25, -0.2) is 0 Å². The van der Waals surface area contributed by atoms with Crippen LogP contribution < -0.4 is 10.1 Å². The first kappa shape index (κ1) is 12.9. The van der Waals surface area contributed by atoms with Crippen molar-refractivity contribution in [2.75, 3.05) is 18.9 Å². The van der Waals surface area contributed by atoms with Gasteiger partial charge in [0.15, 0.2) is 0 Å². The number of benzene rings is 1. The molecular formula is C12H17NO2S. The van der Waals surface area contributed by atoms with Crippen molar-refractivity contribution >= 4 is 18.5 Å². The molecule has 16 heavy (non-hydrogen) atoms. The van der Waals surface area contributed by atoms with Crippen molar-refractivity contribution in [3.8, 4) is 5.75 Å². The summed E-state index contributed by atoms with van der Waals surface area (Å²) in [7, 11) is 0. The lowest BCUT2D eigenvalue weighted by atomic mass is 10.3. The third kappa shape index (κ3) is 5.66. The summed E-state index contributed by atoms with van der Waals surface area (Å²) in [4.78, 5) is 11.1. The maximum absolute atomic E-state index is 11.1. The minimum atomic E-state index is 0.0507. The van der Waals surface area contributed by atoms with Gasteiger partial charge in [-0.15, -0.1) is 0 Å². The summed E-state index contributed by atoms with van der Waals surface area (Å²) in [6, 6.07) is 9.65. The molecule has 0 spiro atoms. The Kier molecular flexibility index (Phi) is 6.49. The van der Waals surface area contributed by atoms with Crippen molar-refractivity contribution in [3.05, 3.63) is 30.3 Å². The molecule has 0 heterocycles. The van der Waals surface area contributed by atoms with Gasteiger partial charge in [0.1, 0.15) is 5.75 Å². The van der Waals surface area contributed by atoms with Crippen molar-refractivity contribution in [2.24, 2.45) is 0 Å². The smallest absolute Gasteiger partial charge is 0.220 e. The second-order valence-electron chi connectivity index (χ2n) is 3.34. The van der Waals surface area contributed by atoms with E-state index in [1.807, 2.05) is 30.3 Å². The van der Waals surface area contributed by atoms with Gasteiger partial charge in [0.25, 0.3) is 0 Å². The number of hydrogen-bond acceptors (Lipinski definition) is 3. The fourth-order valence-electron chi connectivity index (χ4n) is 1.20. The number of ether oxygens (including phenoxy) is 1. The number of amides is 1. The lowest BCUT2D eigenvalue weighted by Gasteiger charge is -2.06. The normalized spacial score (nSPS) is 9.81. The lowest BCUT2D eigenvalue weighted by Crippen LogP contribution is -2.25. The molecule has 0 aliphatic rings. The Morgan fingerprint density at radius 2 is 2.06 bits per heavy atom. The standard InChI is InChI=1S/C12H17NO2S/c14-12(7-10-16)13-8-4-9-15-11-5-2-1-3-6-11/h1-3,5-6,16H,4,7-10H2,(H,13,14). The van der Waals surface area contributed by atoms with E-state index in [0.29, 0.717) is 25.3 Å². The van der Waals surface area contributed by atoms with E-state index in [2.05, 4.69) is 17.9 Å². The summed E-state index contributed by atoms with van der Waals surface area (Å²) < 4.78 is 5.48. The van der Waals surface area contributed by atoms with Crippen molar-refractivity contribution in [3.63, 3.8) is 0 Å². The van der Waals surface area contributed by atoms with Crippen LogP contribution in [0.4, 0.5) is 0 Å². The number of hydrogen-bond donors (Lipinski definition) is 2. The fraction of sp³-hybridized carbons (Fsp3) is 0.417. The average molecular weight is 239 g/mol. The van der Waals surface area contributed by atoms with Crippen molar-refractivity contribution in [2.45, 2.75) is 12.8 Å². The summed E-state index contributed by atoms with van der Waals surface area (Å²) in [6.07, 6.45) is 1.29. The van der Waals surface area contributed by atoms with Crippen LogP contribution in [0, 0.1) is 0 Å². The Morgan fingerprint density at radius 1 is 1.31 bits per heavy atom. The first-order chi connectivity index (χ1) is 7.83. The van der Waals surface area contributed by atoms with E-state index in [4.69, 9.17) is 4.74 Å². The third-order valence-electron chi connectivity index (χ3n) is 1.99. The molecule has 0 saturated heterocycles. The molecule has 0 saturated carbocycles. The first-order valence-corrected chi connectivity index (χ1v) is 6.01. The molecule has 0 aromatic heterocycles.